The van der Waals surface area contributed by atoms with Crippen LogP contribution < -0.4 is 0 Å². The van der Waals surface area contributed by atoms with E-state index in [1.54, 1.807) is 6.92 Å². The number of nitrogens with zero attached hydrogens (tertiary/aromatic N) is 3. The van der Waals surface area contributed by atoms with E-state index in [-0.39, 0.29) is 5.91 Å². The number of hydrogen-bond donors (Lipinski definition) is 1. The van der Waals surface area contributed by atoms with Crippen LogP contribution in [0.1, 0.15) is 35.7 Å². The number of amides is 1. The summed E-state index contributed by atoms with van der Waals surface area (Å²) in [5.41, 5.74) is 0. The molecule has 1 aliphatic carbocycles. The maximum absolute atomic E-state index is 12.4. The largest absolute Gasteiger partial charge is 0.381 e. The number of carbonyl (C=O) groups is 1. The lowest BCUT2D eigenvalue weighted by molar-refractivity contribution is 0.0694. The topological polar surface area (TPSA) is 71.1 Å². The highest BCUT2D eigenvalue weighted by Crippen LogP contribution is 2.29. The average molecular weight is 250 g/mol. The van der Waals surface area contributed by atoms with Gasteiger partial charge in [-0.25, -0.2) is 4.98 Å². The van der Waals surface area contributed by atoms with Crippen LogP contribution >= 0.6 is 0 Å². The molecule has 6 nitrogen and oxygen atoms in total. The van der Waals surface area contributed by atoms with Gasteiger partial charge >= 0.3 is 0 Å². The molecule has 0 bridgehead atoms. The van der Waals surface area contributed by atoms with Gasteiger partial charge in [0.25, 0.3) is 5.91 Å². The Morgan fingerprint density at radius 2 is 2.33 bits per heavy atom. The van der Waals surface area contributed by atoms with E-state index < -0.39 is 0 Å². The highest BCUT2D eigenvalue weighted by molar-refractivity contribution is 5.90. The quantitative estimate of drug-likeness (QED) is 0.856. The van der Waals surface area contributed by atoms with Crippen LogP contribution in [0.2, 0.25) is 0 Å². The molecule has 1 unspecified atom stereocenters. The van der Waals surface area contributed by atoms with Crippen molar-refractivity contribution < 1.29 is 9.53 Å². The third-order valence-electron chi connectivity index (χ3n) is 3.52. The van der Waals surface area contributed by atoms with Gasteiger partial charge in [-0.1, -0.05) is 0 Å². The van der Waals surface area contributed by atoms with Crippen LogP contribution in [0.3, 0.4) is 0 Å². The summed E-state index contributed by atoms with van der Waals surface area (Å²) in [6, 6.07) is 0.386. The first-order chi connectivity index (χ1) is 8.74. The van der Waals surface area contributed by atoms with Crippen molar-refractivity contribution in [1.82, 2.24) is 20.1 Å². The van der Waals surface area contributed by atoms with E-state index in [2.05, 4.69) is 15.2 Å². The van der Waals surface area contributed by atoms with Crippen LogP contribution in [0.4, 0.5) is 0 Å². The van der Waals surface area contributed by atoms with E-state index >= 15 is 0 Å². The van der Waals surface area contributed by atoms with Crippen molar-refractivity contribution in [2.24, 2.45) is 5.92 Å². The van der Waals surface area contributed by atoms with Gasteiger partial charge in [-0.05, 0) is 26.2 Å². The monoisotopic (exact) mass is 250 g/mol. The minimum Gasteiger partial charge on any atom is -0.381 e. The van der Waals surface area contributed by atoms with E-state index in [1.807, 2.05) is 4.90 Å². The number of H-pyrrole nitrogens is 1. The van der Waals surface area contributed by atoms with Crippen molar-refractivity contribution in [3.63, 3.8) is 0 Å². The zero-order valence-electron chi connectivity index (χ0n) is 10.6. The molecule has 0 radical (unpaired) electrons. The van der Waals surface area contributed by atoms with Gasteiger partial charge in [0.05, 0.1) is 6.61 Å². The summed E-state index contributed by atoms with van der Waals surface area (Å²) in [5, 5.41) is 6.69. The van der Waals surface area contributed by atoms with Gasteiger partial charge in [-0.2, -0.15) is 0 Å². The molecule has 1 aromatic rings. The van der Waals surface area contributed by atoms with E-state index in [4.69, 9.17) is 4.74 Å². The van der Waals surface area contributed by atoms with Crippen molar-refractivity contribution in [1.29, 1.82) is 0 Å². The fourth-order valence-corrected chi connectivity index (χ4v) is 2.36. The molecule has 2 aliphatic rings. The molecular formula is C12H18N4O2. The van der Waals surface area contributed by atoms with Crippen LogP contribution in [0.25, 0.3) is 0 Å². The van der Waals surface area contributed by atoms with Crippen LogP contribution in [0.15, 0.2) is 0 Å². The molecule has 3 rings (SSSR count). The van der Waals surface area contributed by atoms with Crippen LogP contribution in [-0.2, 0) is 4.74 Å². The van der Waals surface area contributed by atoms with Crippen molar-refractivity contribution in [3.05, 3.63) is 11.6 Å². The molecule has 1 aromatic heterocycles. The Morgan fingerprint density at radius 3 is 2.89 bits per heavy atom. The van der Waals surface area contributed by atoms with Gasteiger partial charge in [0.1, 0.15) is 5.82 Å². The van der Waals surface area contributed by atoms with Crippen molar-refractivity contribution in [2.45, 2.75) is 32.2 Å². The number of rotatable bonds is 4. The Balaban J connectivity index is 1.70. The second-order valence-electron chi connectivity index (χ2n) is 5.16. The van der Waals surface area contributed by atoms with Crippen LogP contribution in [0.5, 0.6) is 0 Å². The smallest absolute Gasteiger partial charge is 0.293 e. The minimum atomic E-state index is -0.0475. The zero-order valence-corrected chi connectivity index (χ0v) is 10.6. The second-order valence-corrected chi connectivity index (χ2v) is 5.16. The maximum atomic E-state index is 12.4. The Morgan fingerprint density at radius 1 is 1.50 bits per heavy atom. The zero-order chi connectivity index (χ0) is 12.5. The van der Waals surface area contributed by atoms with E-state index in [0.717, 1.165) is 39.0 Å². The first kappa shape index (κ1) is 11.6. The molecule has 1 atom stereocenters. The molecule has 0 spiro atoms. The predicted molar refractivity (Wildman–Crippen MR) is 64.1 cm³/mol. The summed E-state index contributed by atoms with van der Waals surface area (Å²) in [5.74, 6) is 1.39. The standard InChI is InChI=1S/C12H18N4O2/c1-8-13-11(15-14-8)12(17)16(10-2-3-10)6-9-4-5-18-7-9/h9-10H,2-7H2,1H3,(H,13,14,15). The lowest BCUT2D eigenvalue weighted by Crippen LogP contribution is -2.38. The molecule has 1 aliphatic heterocycles. The fourth-order valence-electron chi connectivity index (χ4n) is 2.36. The molecule has 1 saturated carbocycles. The highest BCUT2D eigenvalue weighted by Gasteiger charge is 2.36. The first-order valence-corrected chi connectivity index (χ1v) is 6.52. The lowest BCUT2D eigenvalue weighted by atomic mass is 10.1. The number of aryl methyl sites for hydroxylation is 1. The Hall–Kier alpha value is -1.43. The molecule has 1 N–H and O–H groups in total. The number of hydrogen-bond acceptors (Lipinski definition) is 4. The summed E-state index contributed by atoms with van der Waals surface area (Å²) < 4.78 is 5.37. The number of aromatic nitrogens is 3. The summed E-state index contributed by atoms with van der Waals surface area (Å²) in [6.07, 6.45) is 3.25. The summed E-state index contributed by atoms with van der Waals surface area (Å²) >= 11 is 0. The molecule has 1 saturated heterocycles. The molecule has 18 heavy (non-hydrogen) atoms. The van der Waals surface area contributed by atoms with E-state index in [1.165, 1.54) is 0 Å². The second kappa shape index (κ2) is 4.68. The normalized spacial score (nSPS) is 23.3. The van der Waals surface area contributed by atoms with Gasteiger partial charge in [0.2, 0.25) is 5.82 Å². The van der Waals surface area contributed by atoms with E-state index in [0.29, 0.717) is 23.6 Å². The molecule has 0 aromatic carbocycles. The van der Waals surface area contributed by atoms with Crippen LogP contribution in [-0.4, -0.2) is 51.8 Å². The van der Waals surface area contributed by atoms with Gasteiger partial charge in [0.15, 0.2) is 0 Å². The van der Waals surface area contributed by atoms with Gasteiger partial charge in [-0.3, -0.25) is 9.89 Å². The predicted octanol–water partition coefficient (Wildman–Crippen LogP) is 0.754. The number of carbonyl (C=O) groups excluding carboxylic acids is 1. The molecule has 2 heterocycles. The summed E-state index contributed by atoms with van der Waals surface area (Å²) in [6.45, 7) is 4.16. The van der Waals surface area contributed by atoms with E-state index in [9.17, 15) is 4.79 Å². The fraction of sp³-hybridized carbons (Fsp3) is 0.750. The van der Waals surface area contributed by atoms with Crippen LogP contribution in [0, 0.1) is 12.8 Å². The summed E-state index contributed by atoms with van der Waals surface area (Å²) in [4.78, 5) is 18.4. The summed E-state index contributed by atoms with van der Waals surface area (Å²) in [7, 11) is 0. The number of aromatic amines is 1. The average Bonchev–Trinajstić information content (AvgIpc) is 2.88. The van der Waals surface area contributed by atoms with Crippen molar-refractivity contribution >= 4 is 5.91 Å². The molecule has 1 amide bonds. The first-order valence-electron chi connectivity index (χ1n) is 6.52. The van der Waals surface area contributed by atoms with Gasteiger partial charge in [0, 0.05) is 25.1 Å². The Bertz CT molecular complexity index is 435. The molecule has 6 heteroatoms. The Kier molecular flexibility index (Phi) is 3.03. The maximum Gasteiger partial charge on any atom is 0.293 e. The highest BCUT2D eigenvalue weighted by atomic mass is 16.5. The molecular weight excluding hydrogens is 232 g/mol. The Labute approximate surface area is 106 Å². The van der Waals surface area contributed by atoms with Crippen molar-refractivity contribution in [3.8, 4) is 0 Å². The number of ether oxygens (including phenoxy) is 1. The van der Waals surface area contributed by atoms with Gasteiger partial charge < -0.3 is 9.64 Å². The molecule has 98 valence electrons. The molecule has 2 fully saturated rings. The lowest BCUT2D eigenvalue weighted by Gasteiger charge is -2.23. The third kappa shape index (κ3) is 2.38. The SMILES string of the molecule is Cc1nc(C(=O)N(CC2CCOC2)C2CC2)n[nH]1. The third-order valence-corrected chi connectivity index (χ3v) is 3.52. The minimum absolute atomic E-state index is 0.0475. The van der Waals surface area contributed by atoms with Crippen molar-refractivity contribution in [2.75, 3.05) is 19.8 Å². The van der Waals surface area contributed by atoms with Gasteiger partial charge in [-0.15, -0.1) is 5.10 Å². The number of nitrogens with one attached hydrogen (secondary N) is 1.